The van der Waals surface area contributed by atoms with Gasteiger partial charge in [0, 0.05) is 43.2 Å². The summed E-state index contributed by atoms with van der Waals surface area (Å²) < 4.78 is 40.9. The summed E-state index contributed by atoms with van der Waals surface area (Å²) in [5.41, 5.74) is 0.657. The first-order valence-electron chi connectivity index (χ1n) is 10.7. The van der Waals surface area contributed by atoms with Crippen molar-refractivity contribution in [3.8, 4) is 11.5 Å². The molecular formula is C22H23F3N8. The molecule has 4 unspecified atom stereocenters. The number of rotatable bonds is 3. The highest BCUT2D eigenvalue weighted by Gasteiger charge is 2.39. The Morgan fingerprint density at radius 2 is 1.88 bits per heavy atom. The zero-order valence-electron chi connectivity index (χ0n) is 18.3. The van der Waals surface area contributed by atoms with E-state index in [0.29, 0.717) is 17.3 Å². The summed E-state index contributed by atoms with van der Waals surface area (Å²) in [5, 5.41) is 3.65. The van der Waals surface area contributed by atoms with Gasteiger partial charge in [-0.3, -0.25) is 9.39 Å². The SMILES string of the molecule is CC1NC(C2=CCC=N2)C(C)N(c2ccnc(-c3cnc4cnc(C(F)(F)F)cn34)n2)C1C. The van der Waals surface area contributed by atoms with E-state index in [1.54, 1.807) is 6.20 Å². The molecule has 2 aliphatic heterocycles. The molecule has 3 aromatic heterocycles. The predicted octanol–water partition coefficient (Wildman–Crippen LogP) is 3.51. The van der Waals surface area contributed by atoms with E-state index in [1.165, 1.54) is 10.6 Å². The van der Waals surface area contributed by atoms with Crippen molar-refractivity contribution in [2.75, 3.05) is 4.90 Å². The van der Waals surface area contributed by atoms with Crippen LogP contribution >= 0.6 is 0 Å². The molecule has 0 aromatic carbocycles. The Balaban J connectivity index is 1.55. The minimum Gasteiger partial charge on any atom is -0.348 e. The summed E-state index contributed by atoms with van der Waals surface area (Å²) >= 11 is 0. The molecular weight excluding hydrogens is 433 g/mol. The van der Waals surface area contributed by atoms with E-state index < -0.39 is 11.9 Å². The smallest absolute Gasteiger partial charge is 0.348 e. The van der Waals surface area contributed by atoms with Crippen molar-refractivity contribution in [3.05, 3.63) is 48.3 Å². The van der Waals surface area contributed by atoms with E-state index in [9.17, 15) is 13.2 Å². The van der Waals surface area contributed by atoms with Gasteiger partial charge in [0.1, 0.15) is 11.5 Å². The Labute approximate surface area is 188 Å². The Morgan fingerprint density at radius 1 is 1.06 bits per heavy atom. The van der Waals surface area contributed by atoms with Crippen LogP contribution in [0.2, 0.25) is 0 Å². The largest absolute Gasteiger partial charge is 0.434 e. The number of piperazine rings is 1. The predicted molar refractivity (Wildman–Crippen MR) is 118 cm³/mol. The molecule has 172 valence electrons. The molecule has 2 aliphatic rings. The first-order chi connectivity index (χ1) is 15.7. The molecule has 0 spiro atoms. The number of nitrogens with zero attached hydrogens (tertiary/aromatic N) is 7. The molecule has 0 bridgehead atoms. The number of imidazole rings is 1. The van der Waals surface area contributed by atoms with Crippen LogP contribution in [0, 0.1) is 0 Å². The maximum absolute atomic E-state index is 13.2. The number of aliphatic imine (C=N–C) groups is 1. The van der Waals surface area contributed by atoms with E-state index in [-0.39, 0.29) is 29.8 Å². The van der Waals surface area contributed by atoms with Gasteiger partial charge in [-0.1, -0.05) is 6.08 Å². The number of hydrogen-bond donors (Lipinski definition) is 1. The summed E-state index contributed by atoms with van der Waals surface area (Å²) in [6.45, 7) is 6.36. The Kier molecular flexibility index (Phi) is 5.15. The fourth-order valence-electron chi connectivity index (χ4n) is 4.49. The third-order valence-electron chi connectivity index (χ3n) is 6.34. The van der Waals surface area contributed by atoms with Gasteiger partial charge in [-0.05, 0) is 26.8 Å². The highest BCUT2D eigenvalue weighted by molar-refractivity contribution is 5.65. The second kappa shape index (κ2) is 7.91. The molecule has 1 fully saturated rings. The summed E-state index contributed by atoms with van der Waals surface area (Å²) in [6, 6.07) is 2.18. The molecule has 33 heavy (non-hydrogen) atoms. The fraction of sp³-hybridized carbons (Fsp3) is 0.409. The maximum atomic E-state index is 13.2. The third kappa shape index (κ3) is 3.75. The number of alkyl halides is 3. The van der Waals surface area contributed by atoms with Crippen LogP contribution in [-0.4, -0.2) is 54.7 Å². The van der Waals surface area contributed by atoms with Gasteiger partial charge in [0.15, 0.2) is 17.2 Å². The van der Waals surface area contributed by atoms with E-state index >= 15 is 0 Å². The van der Waals surface area contributed by atoms with Crippen molar-refractivity contribution in [3.63, 3.8) is 0 Å². The monoisotopic (exact) mass is 456 g/mol. The minimum absolute atomic E-state index is 0.0320. The number of fused-ring (bicyclic) bond motifs is 1. The Morgan fingerprint density at radius 3 is 2.61 bits per heavy atom. The van der Waals surface area contributed by atoms with Crippen molar-refractivity contribution in [2.24, 2.45) is 4.99 Å². The van der Waals surface area contributed by atoms with Gasteiger partial charge in [-0.25, -0.2) is 19.9 Å². The molecule has 3 aromatic rings. The van der Waals surface area contributed by atoms with Gasteiger partial charge in [-0.15, -0.1) is 0 Å². The molecule has 0 amide bonds. The number of aromatic nitrogens is 5. The second-order valence-corrected chi connectivity index (χ2v) is 8.38. The molecule has 1 N–H and O–H groups in total. The number of halogens is 3. The maximum Gasteiger partial charge on any atom is 0.434 e. The quantitative estimate of drug-likeness (QED) is 0.650. The van der Waals surface area contributed by atoms with Crippen LogP contribution in [0.3, 0.4) is 0 Å². The topological polar surface area (TPSA) is 83.6 Å². The summed E-state index contributed by atoms with van der Waals surface area (Å²) in [4.78, 5) is 23.5. The molecule has 5 heterocycles. The van der Waals surface area contributed by atoms with Gasteiger partial charge >= 0.3 is 6.18 Å². The Hall–Kier alpha value is -3.34. The number of anilines is 1. The first kappa shape index (κ1) is 21.5. The molecule has 4 atom stereocenters. The molecule has 0 radical (unpaired) electrons. The van der Waals surface area contributed by atoms with Crippen molar-refractivity contribution >= 4 is 17.7 Å². The van der Waals surface area contributed by atoms with Gasteiger partial charge in [-0.2, -0.15) is 13.2 Å². The van der Waals surface area contributed by atoms with Gasteiger partial charge in [0.05, 0.1) is 24.1 Å². The number of nitrogens with one attached hydrogen (secondary N) is 1. The van der Waals surface area contributed by atoms with E-state index in [4.69, 9.17) is 4.98 Å². The van der Waals surface area contributed by atoms with Crippen LogP contribution in [0.4, 0.5) is 19.0 Å². The summed E-state index contributed by atoms with van der Waals surface area (Å²) in [5.74, 6) is 0.987. The van der Waals surface area contributed by atoms with Crippen LogP contribution in [0.1, 0.15) is 32.9 Å². The Bertz CT molecular complexity index is 1250. The molecule has 0 aliphatic carbocycles. The van der Waals surface area contributed by atoms with Crippen LogP contribution in [-0.2, 0) is 6.18 Å². The lowest BCUT2D eigenvalue weighted by Gasteiger charge is -2.48. The lowest BCUT2D eigenvalue weighted by molar-refractivity contribution is -0.141. The summed E-state index contributed by atoms with van der Waals surface area (Å²) in [6.07, 6.45) is 5.38. The molecule has 8 nitrogen and oxygen atoms in total. The normalized spacial score (nSPS) is 25.6. The minimum atomic E-state index is -4.56. The van der Waals surface area contributed by atoms with Crippen molar-refractivity contribution in [1.82, 2.24) is 29.7 Å². The second-order valence-electron chi connectivity index (χ2n) is 8.38. The van der Waals surface area contributed by atoms with Gasteiger partial charge in [0.2, 0.25) is 0 Å². The highest BCUT2D eigenvalue weighted by Crippen LogP contribution is 2.31. The lowest BCUT2D eigenvalue weighted by Crippen LogP contribution is -2.65. The van der Waals surface area contributed by atoms with Crippen LogP contribution in [0.25, 0.3) is 17.2 Å². The van der Waals surface area contributed by atoms with Crippen LogP contribution < -0.4 is 10.2 Å². The zero-order valence-corrected chi connectivity index (χ0v) is 18.3. The average Bonchev–Trinajstić information content (AvgIpc) is 3.46. The van der Waals surface area contributed by atoms with E-state index in [0.717, 1.165) is 24.5 Å². The molecule has 11 heteroatoms. The van der Waals surface area contributed by atoms with Gasteiger partial charge in [0.25, 0.3) is 0 Å². The molecule has 5 rings (SSSR count). The standard InChI is InChI=1S/C22H23F3N8/c1-12-13(2)33(14(3)20(30-12)15-5-4-7-26-15)18-6-8-27-21(31-18)16-9-29-19-10-28-17(11-32(16)19)22(23,24)25/h5-14,20,30H,4H2,1-3H3. The average molecular weight is 456 g/mol. The first-order valence-corrected chi connectivity index (χ1v) is 10.7. The lowest BCUT2D eigenvalue weighted by atomic mass is 9.94. The van der Waals surface area contributed by atoms with Crippen molar-refractivity contribution < 1.29 is 13.2 Å². The zero-order chi connectivity index (χ0) is 23.3. The van der Waals surface area contributed by atoms with Crippen LogP contribution in [0.5, 0.6) is 0 Å². The van der Waals surface area contributed by atoms with E-state index in [2.05, 4.69) is 57.0 Å². The van der Waals surface area contributed by atoms with E-state index in [1.807, 2.05) is 12.3 Å². The van der Waals surface area contributed by atoms with Crippen molar-refractivity contribution in [1.29, 1.82) is 0 Å². The van der Waals surface area contributed by atoms with Gasteiger partial charge < -0.3 is 10.2 Å². The fourth-order valence-corrected chi connectivity index (χ4v) is 4.49. The highest BCUT2D eigenvalue weighted by atomic mass is 19.4. The molecule has 1 saturated heterocycles. The third-order valence-corrected chi connectivity index (χ3v) is 6.34. The number of hydrogen-bond acceptors (Lipinski definition) is 7. The number of allylic oxidation sites excluding steroid dienone is 1. The molecule has 0 saturated carbocycles. The summed E-state index contributed by atoms with van der Waals surface area (Å²) in [7, 11) is 0. The van der Waals surface area contributed by atoms with Crippen molar-refractivity contribution in [2.45, 2.75) is 57.5 Å². The van der Waals surface area contributed by atoms with Crippen LogP contribution in [0.15, 0.2) is 47.6 Å².